The number of nitrogens with one attached hydrogen (secondary N) is 1. The third kappa shape index (κ3) is 3.52. The van der Waals surface area contributed by atoms with Crippen LogP contribution in [0.1, 0.15) is 17.5 Å². The fourth-order valence-corrected chi connectivity index (χ4v) is 3.24. The summed E-state index contributed by atoms with van der Waals surface area (Å²) in [6, 6.07) is 7.73. The first kappa shape index (κ1) is 14.0. The SMILES string of the molecule is O=C(O)CCNS(=O)(=O)N1CCc2ccccc2C1. The lowest BCUT2D eigenvalue weighted by Gasteiger charge is -2.27. The fraction of sp³-hybridized carbons (Fsp3) is 0.417. The van der Waals surface area contributed by atoms with Gasteiger partial charge >= 0.3 is 5.97 Å². The number of benzene rings is 1. The molecule has 0 aliphatic carbocycles. The lowest BCUT2D eigenvalue weighted by Crippen LogP contribution is -2.43. The zero-order valence-corrected chi connectivity index (χ0v) is 11.2. The van der Waals surface area contributed by atoms with Gasteiger partial charge in [-0.2, -0.15) is 12.7 Å². The highest BCUT2D eigenvalue weighted by molar-refractivity contribution is 7.87. The Morgan fingerprint density at radius 2 is 2.00 bits per heavy atom. The summed E-state index contributed by atoms with van der Waals surface area (Å²) in [5.74, 6) is -1.02. The van der Waals surface area contributed by atoms with Crippen molar-refractivity contribution in [1.29, 1.82) is 0 Å². The summed E-state index contributed by atoms with van der Waals surface area (Å²) in [6.45, 7) is 0.661. The molecule has 0 saturated carbocycles. The molecule has 1 aromatic carbocycles. The number of carboxylic acid groups (broad SMARTS) is 1. The highest BCUT2D eigenvalue weighted by atomic mass is 32.2. The standard InChI is InChI=1S/C12H16N2O4S/c15-12(16)5-7-13-19(17,18)14-8-6-10-3-1-2-4-11(10)9-14/h1-4,13H,5-9H2,(H,15,16). The minimum atomic E-state index is -3.60. The molecule has 0 saturated heterocycles. The summed E-state index contributed by atoms with van der Waals surface area (Å²) in [5.41, 5.74) is 2.16. The van der Waals surface area contributed by atoms with Crippen LogP contribution in [-0.4, -0.2) is 36.9 Å². The van der Waals surface area contributed by atoms with Gasteiger partial charge in [-0.25, -0.2) is 4.72 Å². The fourth-order valence-electron chi connectivity index (χ4n) is 2.05. The van der Waals surface area contributed by atoms with E-state index in [1.165, 1.54) is 9.87 Å². The Balaban J connectivity index is 2.01. The van der Waals surface area contributed by atoms with Gasteiger partial charge < -0.3 is 5.11 Å². The van der Waals surface area contributed by atoms with Gasteiger partial charge in [-0.05, 0) is 17.5 Å². The molecule has 1 aliphatic heterocycles. The molecule has 2 N–H and O–H groups in total. The lowest BCUT2D eigenvalue weighted by atomic mass is 10.0. The van der Waals surface area contributed by atoms with Crippen molar-refractivity contribution in [2.75, 3.05) is 13.1 Å². The van der Waals surface area contributed by atoms with E-state index < -0.39 is 16.2 Å². The monoisotopic (exact) mass is 284 g/mol. The molecule has 2 rings (SSSR count). The smallest absolute Gasteiger partial charge is 0.304 e. The van der Waals surface area contributed by atoms with Crippen molar-refractivity contribution >= 4 is 16.2 Å². The van der Waals surface area contributed by atoms with Crippen LogP contribution in [0.2, 0.25) is 0 Å². The second kappa shape index (κ2) is 5.68. The molecular weight excluding hydrogens is 268 g/mol. The van der Waals surface area contributed by atoms with E-state index >= 15 is 0 Å². The van der Waals surface area contributed by atoms with Crippen molar-refractivity contribution in [3.05, 3.63) is 35.4 Å². The summed E-state index contributed by atoms with van der Waals surface area (Å²) in [4.78, 5) is 10.4. The Morgan fingerprint density at radius 1 is 1.32 bits per heavy atom. The van der Waals surface area contributed by atoms with E-state index in [9.17, 15) is 13.2 Å². The molecule has 6 nitrogen and oxygen atoms in total. The van der Waals surface area contributed by atoms with Crippen molar-refractivity contribution < 1.29 is 18.3 Å². The molecule has 7 heteroatoms. The average molecular weight is 284 g/mol. The topological polar surface area (TPSA) is 86.7 Å². The maximum Gasteiger partial charge on any atom is 0.304 e. The number of hydrogen-bond acceptors (Lipinski definition) is 3. The summed E-state index contributed by atoms with van der Waals surface area (Å²) in [7, 11) is -3.60. The molecule has 0 atom stereocenters. The van der Waals surface area contributed by atoms with E-state index in [0.717, 1.165) is 5.56 Å². The van der Waals surface area contributed by atoms with Gasteiger partial charge in [0.2, 0.25) is 0 Å². The first-order chi connectivity index (χ1) is 8.99. The number of carbonyl (C=O) groups is 1. The molecule has 1 aromatic rings. The second-order valence-corrected chi connectivity index (χ2v) is 6.15. The largest absolute Gasteiger partial charge is 0.481 e. The van der Waals surface area contributed by atoms with Gasteiger partial charge in [0.1, 0.15) is 0 Å². The average Bonchev–Trinajstić information content (AvgIpc) is 2.37. The van der Waals surface area contributed by atoms with Crippen LogP contribution in [0, 0.1) is 0 Å². The number of carboxylic acids is 1. The number of aliphatic carboxylic acids is 1. The summed E-state index contributed by atoms with van der Waals surface area (Å²) in [6.07, 6.45) is 0.458. The predicted molar refractivity (Wildman–Crippen MR) is 69.7 cm³/mol. The minimum Gasteiger partial charge on any atom is -0.481 e. The predicted octanol–water partition coefficient (Wildman–Crippen LogP) is 0.354. The van der Waals surface area contributed by atoms with Crippen LogP contribution >= 0.6 is 0 Å². The molecule has 104 valence electrons. The molecule has 1 aliphatic rings. The van der Waals surface area contributed by atoms with Crippen LogP contribution in [0.25, 0.3) is 0 Å². The number of fused-ring (bicyclic) bond motifs is 1. The Bertz CT molecular complexity index is 571. The second-order valence-electron chi connectivity index (χ2n) is 4.40. The van der Waals surface area contributed by atoms with E-state index in [-0.39, 0.29) is 13.0 Å². The van der Waals surface area contributed by atoms with Gasteiger partial charge in [0.05, 0.1) is 6.42 Å². The number of rotatable bonds is 5. The summed E-state index contributed by atoms with van der Waals surface area (Å²) in [5, 5.41) is 8.50. The molecule has 0 aromatic heterocycles. The molecule has 0 bridgehead atoms. The van der Waals surface area contributed by atoms with Crippen molar-refractivity contribution in [3.8, 4) is 0 Å². The van der Waals surface area contributed by atoms with Crippen molar-refractivity contribution in [1.82, 2.24) is 9.03 Å². The van der Waals surface area contributed by atoms with E-state index in [0.29, 0.717) is 19.5 Å². The molecular formula is C12H16N2O4S. The third-order valence-corrected chi connectivity index (χ3v) is 4.62. The Labute approximate surface area is 112 Å². The third-order valence-electron chi connectivity index (χ3n) is 3.06. The number of hydrogen-bond donors (Lipinski definition) is 2. The normalized spacial score (nSPS) is 16.0. The van der Waals surface area contributed by atoms with Crippen LogP contribution in [0.4, 0.5) is 0 Å². The highest BCUT2D eigenvalue weighted by Crippen LogP contribution is 2.20. The molecule has 0 spiro atoms. The van der Waals surface area contributed by atoms with Crippen molar-refractivity contribution in [2.45, 2.75) is 19.4 Å². The molecule has 1 heterocycles. The van der Waals surface area contributed by atoms with Gasteiger partial charge in [0.15, 0.2) is 0 Å². The maximum absolute atomic E-state index is 12.0. The van der Waals surface area contributed by atoms with Gasteiger partial charge in [-0.1, -0.05) is 24.3 Å². The van der Waals surface area contributed by atoms with Gasteiger partial charge in [-0.15, -0.1) is 0 Å². The van der Waals surface area contributed by atoms with E-state index in [1.807, 2.05) is 24.3 Å². The van der Waals surface area contributed by atoms with Crippen LogP contribution in [0.15, 0.2) is 24.3 Å². The summed E-state index contributed by atoms with van der Waals surface area (Å²) >= 11 is 0. The van der Waals surface area contributed by atoms with Gasteiger partial charge in [-0.3, -0.25) is 4.79 Å². The maximum atomic E-state index is 12.0. The molecule has 0 unspecified atom stereocenters. The van der Waals surface area contributed by atoms with Crippen LogP contribution < -0.4 is 4.72 Å². The Morgan fingerprint density at radius 3 is 2.68 bits per heavy atom. The van der Waals surface area contributed by atoms with E-state index in [1.54, 1.807) is 0 Å². The van der Waals surface area contributed by atoms with Crippen LogP contribution in [-0.2, 0) is 28.0 Å². The summed E-state index contributed by atoms with van der Waals surface area (Å²) < 4.78 is 27.7. The molecule has 0 amide bonds. The van der Waals surface area contributed by atoms with E-state index in [2.05, 4.69) is 4.72 Å². The van der Waals surface area contributed by atoms with E-state index in [4.69, 9.17) is 5.11 Å². The first-order valence-corrected chi connectivity index (χ1v) is 7.46. The quantitative estimate of drug-likeness (QED) is 0.817. The number of nitrogens with zero attached hydrogens (tertiary/aromatic N) is 1. The Kier molecular flexibility index (Phi) is 4.18. The van der Waals surface area contributed by atoms with Gasteiger partial charge in [0, 0.05) is 19.6 Å². The zero-order valence-electron chi connectivity index (χ0n) is 10.4. The highest BCUT2D eigenvalue weighted by Gasteiger charge is 2.25. The van der Waals surface area contributed by atoms with Gasteiger partial charge in [0.25, 0.3) is 10.2 Å². The molecule has 19 heavy (non-hydrogen) atoms. The van der Waals surface area contributed by atoms with Crippen LogP contribution in [0.5, 0.6) is 0 Å². The lowest BCUT2D eigenvalue weighted by molar-refractivity contribution is -0.136. The van der Waals surface area contributed by atoms with Crippen molar-refractivity contribution in [3.63, 3.8) is 0 Å². The Hall–Kier alpha value is -1.44. The minimum absolute atomic E-state index is 0.0875. The zero-order chi connectivity index (χ0) is 13.9. The van der Waals surface area contributed by atoms with Crippen molar-refractivity contribution in [2.24, 2.45) is 0 Å². The molecule has 0 radical (unpaired) electrons. The first-order valence-electron chi connectivity index (χ1n) is 6.02. The molecule has 0 fully saturated rings. The van der Waals surface area contributed by atoms with Crippen LogP contribution in [0.3, 0.4) is 0 Å².